The van der Waals surface area contributed by atoms with Crippen LogP contribution in [0.5, 0.6) is 5.75 Å². The number of hydrogen-bond acceptors (Lipinski definition) is 6. The van der Waals surface area contributed by atoms with E-state index in [1.165, 1.54) is 0 Å². The number of ether oxygens (including phenoxy) is 3. The molecule has 0 unspecified atom stereocenters. The average molecular weight is 339 g/mol. The maximum absolute atomic E-state index is 11.5. The highest BCUT2D eigenvalue weighted by Crippen LogP contribution is 2.14. The highest BCUT2D eigenvalue weighted by atomic mass is 16.7. The van der Waals surface area contributed by atoms with Crippen LogP contribution in [0, 0.1) is 0 Å². The SMILES string of the molecule is CCOC(=O)Oc1ccc(CC[C@@H](O)NC(=O)OC(C)(C)C)cc1. The van der Waals surface area contributed by atoms with E-state index in [9.17, 15) is 14.7 Å². The van der Waals surface area contributed by atoms with Crippen LogP contribution in [0.2, 0.25) is 0 Å². The van der Waals surface area contributed by atoms with E-state index in [0.29, 0.717) is 18.6 Å². The Hall–Kier alpha value is -2.28. The molecule has 24 heavy (non-hydrogen) atoms. The van der Waals surface area contributed by atoms with Gasteiger partial charge in [0, 0.05) is 0 Å². The molecule has 0 aliphatic heterocycles. The van der Waals surface area contributed by atoms with Crippen molar-refractivity contribution in [2.75, 3.05) is 6.61 Å². The third-order valence-electron chi connectivity index (χ3n) is 2.78. The minimum atomic E-state index is -1.00. The smallest absolute Gasteiger partial charge is 0.444 e. The first kappa shape index (κ1) is 19.8. The number of carbonyl (C=O) groups is 2. The van der Waals surface area contributed by atoms with Crippen molar-refractivity contribution < 1.29 is 28.9 Å². The summed E-state index contributed by atoms with van der Waals surface area (Å²) in [4.78, 5) is 22.7. The summed E-state index contributed by atoms with van der Waals surface area (Å²) < 4.78 is 14.7. The van der Waals surface area contributed by atoms with Gasteiger partial charge in [-0.2, -0.15) is 0 Å². The van der Waals surface area contributed by atoms with E-state index < -0.39 is 24.1 Å². The fourth-order valence-electron chi connectivity index (χ4n) is 1.79. The van der Waals surface area contributed by atoms with Gasteiger partial charge < -0.3 is 19.3 Å². The number of nitrogens with one attached hydrogen (secondary N) is 1. The van der Waals surface area contributed by atoms with Gasteiger partial charge in [-0.1, -0.05) is 12.1 Å². The van der Waals surface area contributed by atoms with Crippen LogP contribution in [0.1, 0.15) is 39.7 Å². The lowest BCUT2D eigenvalue weighted by atomic mass is 10.1. The minimum Gasteiger partial charge on any atom is -0.444 e. The van der Waals surface area contributed by atoms with E-state index in [1.807, 2.05) is 0 Å². The summed E-state index contributed by atoms with van der Waals surface area (Å²) in [5.74, 6) is 0.379. The first-order chi connectivity index (χ1) is 11.2. The number of rotatable bonds is 6. The summed E-state index contributed by atoms with van der Waals surface area (Å²) in [6.07, 6.45) is -1.54. The van der Waals surface area contributed by atoms with Crippen LogP contribution in [-0.2, 0) is 15.9 Å². The largest absolute Gasteiger partial charge is 0.513 e. The van der Waals surface area contributed by atoms with Crippen molar-refractivity contribution in [1.82, 2.24) is 5.32 Å². The van der Waals surface area contributed by atoms with Crippen molar-refractivity contribution in [1.29, 1.82) is 0 Å². The molecule has 134 valence electrons. The molecule has 1 aromatic rings. The molecule has 0 saturated heterocycles. The third kappa shape index (κ3) is 8.38. The van der Waals surface area contributed by atoms with E-state index in [1.54, 1.807) is 52.0 Å². The quantitative estimate of drug-likeness (QED) is 0.470. The van der Waals surface area contributed by atoms with Crippen LogP contribution in [0.4, 0.5) is 9.59 Å². The van der Waals surface area contributed by atoms with Gasteiger partial charge in [-0.15, -0.1) is 0 Å². The molecule has 0 saturated carbocycles. The topological polar surface area (TPSA) is 94.1 Å². The summed E-state index contributed by atoms with van der Waals surface area (Å²) in [7, 11) is 0. The summed E-state index contributed by atoms with van der Waals surface area (Å²) in [5.41, 5.74) is 0.315. The molecule has 1 aromatic carbocycles. The lowest BCUT2D eigenvalue weighted by Crippen LogP contribution is -2.39. The van der Waals surface area contributed by atoms with E-state index in [2.05, 4.69) is 10.1 Å². The van der Waals surface area contributed by atoms with Gasteiger partial charge in [0.15, 0.2) is 0 Å². The maximum atomic E-state index is 11.5. The molecule has 0 aliphatic carbocycles. The fraction of sp³-hybridized carbons (Fsp3) is 0.529. The summed E-state index contributed by atoms with van der Waals surface area (Å²) >= 11 is 0. The number of alkyl carbamates (subject to hydrolysis) is 1. The molecule has 7 nitrogen and oxygen atoms in total. The molecule has 1 amide bonds. The maximum Gasteiger partial charge on any atom is 0.513 e. The van der Waals surface area contributed by atoms with Gasteiger partial charge in [-0.05, 0) is 58.2 Å². The lowest BCUT2D eigenvalue weighted by Gasteiger charge is -2.21. The first-order valence-corrected chi connectivity index (χ1v) is 7.80. The number of carbonyl (C=O) groups excluding carboxylic acids is 2. The van der Waals surface area contributed by atoms with E-state index in [-0.39, 0.29) is 6.61 Å². The van der Waals surface area contributed by atoms with Gasteiger partial charge in [0.1, 0.15) is 17.6 Å². The van der Waals surface area contributed by atoms with Gasteiger partial charge in [0.2, 0.25) is 0 Å². The second-order valence-electron chi connectivity index (χ2n) is 6.13. The van der Waals surface area contributed by atoms with E-state index >= 15 is 0 Å². The third-order valence-corrected chi connectivity index (χ3v) is 2.78. The monoisotopic (exact) mass is 339 g/mol. The molecule has 0 fully saturated rings. The molecule has 0 spiro atoms. The highest BCUT2D eigenvalue weighted by molar-refractivity contribution is 5.67. The Bertz CT molecular complexity index is 535. The Morgan fingerprint density at radius 1 is 1.21 bits per heavy atom. The molecule has 0 bridgehead atoms. The van der Waals surface area contributed by atoms with Crippen LogP contribution in [-0.4, -0.2) is 35.8 Å². The van der Waals surface area contributed by atoms with Gasteiger partial charge in [0.25, 0.3) is 0 Å². The van der Waals surface area contributed by atoms with Gasteiger partial charge in [-0.25, -0.2) is 9.59 Å². The number of hydrogen-bond donors (Lipinski definition) is 2. The van der Waals surface area contributed by atoms with Crippen molar-refractivity contribution in [2.24, 2.45) is 0 Å². The highest BCUT2D eigenvalue weighted by Gasteiger charge is 2.18. The zero-order valence-electron chi connectivity index (χ0n) is 14.5. The standard InChI is InChI=1S/C17H25NO6/c1-5-22-16(21)23-13-9-6-12(7-10-13)8-11-14(19)18-15(20)24-17(2,3)4/h6-7,9-10,14,19H,5,8,11H2,1-4H3,(H,18,20)/t14-/m1/s1. The number of aliphatic hydroxyl groups is 1. The molecule has 0 aliphatic rings. The van der Waals surface area contributed by atoms with Gasteiger partial charge in [0.05, 0.1) is 6.61 Å². The summed E-state index contributed by atoms with van der Waals surface area (Å²) in [5, 5.41) is 12.2. The van der Waals surface area contributed by atoms with Crippen LogP contribution < -0.4 is 10.1 Å². The van der Waals surface area contributed by atoms with Crippen molar-refractivity contribution >= 4 is 12.2 Å². The first-order valence-electron chi connectivity index (χ1n) is 7.80. The molecule has 1 rings (SSSR count). The number of aryl methyl sites for hydroxylation is 1. The van der Waals surface area contributed by atoms with Crippen LogP contribution in [0.25, 0.3) is 0 Å². The normalized spacial score (nSPS) is 12.2. The molecule has 1 atom stereocenters. The Morgan fingerprint density at radius 2 is 1.83 bits per heavy atom. The molecular formula is C17H25NO6. The molecule has 7 heteroatoms. The van der Waals surface area contributed by atoms with Gasteiger partial charge >= 0.3 is 12.2 Å². The molecule has 2 N–H and O–H groups in total. The van der Waals surface area contributed by atoms with E-state index in [4.69, 9.17) is 9.47 Å². The number of amides is 1. The van der Waals surface area contributed by atoms with Crippen LogP contribution in [0.3, 0.4) is 0 Å². The van der Waals surface area contributed by atoms with Crippen molar-refractivity contribution in [3.05, 3.63) is 29.8 Å². The summed E-state index contributed by atoms with van der Waals surface area (Å²) in [6, 6.07) is 6.82. The van der Waals surface area contributed by atoms with Crippen molar-refractivity contribution in [3.8, 4) is 5.75 Å². The summed E-state index contributed by atoms with van der Waals surface area (Å²) in [6.45, 7) is 7.19. The Balaban J connectivity index is 2.39. The van der Waals surface area contributed by atoms with Crippen molar-refractivity contribution in [3.63, 3.8) is 0 Å². The fourth-order valence-corrected chi connectivity index (χ4v) is 1.79. The van der Waals surface area contributed by atoms with Crippen molar-refractivity contribution in [2.45, 2.75) is 52.4 Å². The molecule has 0 heterocycles. The predicted molar refractivity (Wildman–Crippen MR) is 87.8 cm³/mol. The second kappa shape index (κ2) is 9.12. The second-order valence-corrected chi connectivity index (χ2v) is 6.13. The van der Waals surface area contributed by atoms with E-state index in [0.717, 1.165) is 5.56 Å². The zero-order valence-corrected chi connectivity index (χ0v) is 14.5. The Kier molecular flexibility index (Phi) is 7.51. The Morgan fingerprint density at radius 3 is 2.38 bits per heavy atom. The zero-order chi connectivity index (χ0) is 18.2. The number of aliphatic hydroxyl groups excluding tert-OH is 1. The number of benzene rings is 1. The molecular weight excluding hydrogens is 314 g/mol. The van der Waals surface area contributed by atoms with Crippen LogP contribution >= 0.6 is 0 Å². The lowest BCUT2D eigenvalue weighted by molar-refractivity contribution is 0.0345. The Labute approximate surface area is 141 Å². The predicted octanol–water partition coefficient (Wildman–Crippen LogP) is 3.00. The minimum absolute atomic E-state index is 0.249. The molecule has 0 radical (unpaired) electrons. The molecule has 0 aromatic heterocycles. The van der Waals surface area contributed by atoms with Gasteiger partial charge in [-0.3, -0.25) is 5.32 Å². The van der Waals surface area contributed by atoms with Crippen LogP contribution in [0.15, 0.2) is 24.3 Å². The average Bonchev–Trinajstić information content (AvgIpc) is 2.44.